The van der Waals surface area contributed by atoms with Gasteiger partial charge in [0.1, 0.15) is 11.5 Å². The molecule has 0 saturated heterocycles. The van der Waals surface area contributed by atoms with Crippen LogP contribution in [0.1, 0.15) is 149 Å². The van der Waals surface area contributed by atoms with E-state index in [2.05, 4.69) is 114 Å². The number of nitrogens with zero attached hydrogens (tertiary/aromatic N) is 2. The Morgan fingerprint density at radius 1 is 0.634 bits per heavy atom. The molecule has 2 aromatic rings. The maximum atomic E-state index is 11.2. The number of rotatable bonds is 9. The Morgan fingerprint density at radius 3 is 1.46 bits per heavy atom. The summed E-state index contributed by atoms with van der Waals surface area (Å²) in [5.41, 5.74) is 5.30. The van der Waals surface area contributed by atoms with Crippen molar-refractivity contribution in [3.8, 4) is 11.5 Å². The molecule has 0 bridgehead atoms. The van der Waals surface area contributed by atoms with Crippen LogP contribution in [0.2, 0.25) is 0 Å². The fourth-order valence-electron chi connectivity index (χ4n) is 4.82. The molecule has 0 radical (unpaired) electrons. The van der Waals surface area contributed by atoms with E-state index in [1.54, 1.807) is 0 Å². The molecule has 0 fully saturated rings. The first kappa shape index (κ1) is 34.6. The number of phenols is 2. The van der Waals surface area contributed by atoms with Crippen LogP contribution >= 0.6 is 0 Å². The maximum absolute atomic E-state index is 11.2. The Bertz CT molecular complexity index is 1230. The van der Waals surface area contributed by atoms with Gasteiger partial charge in [0.2, 0.25) is 0 Å². The Labute approximate surface area is 251 Å². The van der Waals surface area contributed by atoms with E-state index in [1.807, 2.05) is 12.4 Å². The molecule has 0 aliphatic carbocycles. The normalized spacial score (nSPS) is 14.4. The summed E-state index contributed by atoms with van der Waals surface area (Å²) in [6.07, 6.45) is 7.96. The molecule has 0 spiro atoms. The highest BCUT2D eigenvalue weighted by Crippen LogP contribution is 2.38. The molecule has 228 valence electrons. The fraction of sp³-hybridized carbons (Fsp3) is 0.622. The third kappa shape index (κ3) is 9.72. The standard InChI is InChI=1S/C37H58N2O2/c1-14-15-16-17-29(39-23-26-19-28(35(5,6)7)21-31(33(26)41)37(11,12)13)24-38-22-25-18-27(34(2,3)4)20-30(32(25)40)36(8,9)10/h18-23,29,40-41H,14-17,24H2,1-13H3. The van der Waals surface area contributed by atoms with E-state index in [4.69, 9.17) is 9.98 Å². The summed E-state index contributed by atoms with van der Waals surface area (Å²) in [6, 6.07) is 8.40. The molecule has 4 heteroatoms. The van der Waals surface area contributed by atoms with Crippen LogP contribution in [0, 0.1) is 0 Å². The van der Waals surface area contributed by atoms with Gasteiger partial charge in [-0.05, 0) is 51.3 Å². The van der Waals surface area contributed by atoms with Gasteiger partial charge in [0.25, 0.3) is 0 Å². The van der Waals surface area contributed by atoms with Crippen molar-refractivity contribution in [3.63, 3.8) is 0 Å². The first-order chi connectivity index (χ1) is 18.7. The number of phenolic OH excluding ortho intramolecular Hbond substituents is 2. The largest absolute Gasteiger partial charge is 0.507 e. The average Bonchev–Trinajstić information content (AvgIpc) is 2.81. The third-order valence-electron chi connectivity index (χ3n) is 7.74. The van der Waals surface area contributed by atoms with Gasteiger partial charge in [-0.3, -0.25) is 9.98 Å². The summed E-state index contributed by atoms with van der Waals surface area (Å²) in [4.78, 5) is 9.79. The van der Waals surface area contributed by atoms with E-state index in [0.717, 1.165) is 47.9 Å². The van der Waals surface area contributed by atoms with Crippen LogP contribution in [0.15, 0.2) is 34.3 Å². The van der Waals surface area contributed by atoms with Crippen molar-refractivity contribution in [2.24, 2.45) is 9.98 Å². The van der Waals surface area contributed by atoms with Crippen LogP contribution in [0.5, 0.6) is 11.5 Å². The van der Waals surface area contributed by atoms with Gasteiger partial charge in [-0.15, -0.1) is 0 Å². The lowest BCUT2D eigenvalue weighted by atomic mass is 9.79. The molecule has 2 aromatic carbocycles. The monoisotopic (exact) mass is 562 g/mol. The fourth-order valence-corrected chi connectivity index (χ4v) is 4.82. The second kappa shape index (κ2) is 13.1. The number of benzene rings is 2. The predicted octanol–water partition coefficient (Wildman–Crippen LogP) is 9.77. The van der Waals surface area contributed by atoms with Crippen LogP contribution in [0.3, 0.4) is 0 Å². The van der Waals surface area contributed by atoms with E-state index in [9.17, 15) is 10.2 Å². The van der Waals surface area contributed by atoms with Crippen molar-refractivity contribution in [2.45, 2.75) is 143 Å². The molecule has 0 heterocycles. The van der Waals surface area contributed by atoms with Crippen LogP contribution in [-0.2, 0) is 21.7 Å². The van der Waals surface area contributed by atoms with E-state index in [1.165, 1.54) is 11.1 Å². The van der Waals surface area contributed by atoms with Gasteiger partial charge in [-0.1, -0.05) is 121 Å². The SMILES string of the molecule is CCCCCC(CN=Cc1cc(C(C)(C)C)cc(C(C)(C)C)c1O)N=Cc1cc(C(C)(C)C)cc(C(C)(C)C)c1O. The van der Waals surface area contributed by atoms with Gasteiger partial charge < -0.3 is 10.2 Å². The smallest absolute Gasteiger partial charge is 0.128 e. The molecule has 2 N–H and O–H groups in total. The summed E-state index contributed by atoms with van der Waals surface area (Å²) >= 11 is 0. The Hall–Kier alpha value is -2.62. The van der Waals surface area contributed by atoms with E-state index >= 15 is 0 Å². The molecular weight excluding hydrogens is 504 g/mol. The molecule has 0 aliphatic rings. The maximum Gasteiger partial charge on any atom is 0.128 e. The Morgan fingerprint density at radius 2 is 1.07 bits per heavy atom. The van der Waals surface area contributed by atoms with Crippen LogP contribution in [-0.4, -0.2) is 35.2 Å². The number of aliphatic imine (C=N–C) groups is 2. The highest BCUT2D eigenvalue weighted by Gasteiger charge is 2.26. The summed E-state index contributed by atoms with van der Waals surface area (Å²) < 4.78 is 0. The lowest BCUT2D eigenvalue weighted by Crippen LogP contribution is -2.18. The molecule has 41 heavy (non-hydrogen) atoms. The molecule has 1 atom stereocenters. The third-order valence-corrected chi connectivity index (χ3v) is 7.74. The highest BCUT2D eigenvalue weighted by molar-refractivity contribution is 5.86. The first-order valence-corrected chi connectivity index (χ1v) is 15.4. The van der Waals surface area contributed by atoms with Crippen molar-refractivity contribution >= 4 is 12.4 Å². The molecule has 1 unspecified atom stereocenters. The van der Waals surface area contributed by atoms with Gasteiger partial charge in [-0.25, -0.2) is 0 Å². The molecule has 2 rings (SSSR count). The van der Waals surface area contributed by atoms with E-state index in [-0.39, 0.29) is 27.7 Å². The Kier molecular flexibility index (Phi) is 11.1. The Balaban J connectivity index is 2.48. The minimum Gasteiger partial charge on any atom is -0.507 e. The van der Waals surface area contributed by atoms with Gasteiger partial charge in [0.05, 0.1) is 12.6 Å². The molecule has 0 aromatic heterocycles. The zero-order valence-electron chi connectivity index (χ0n) is 28.4. The van der Waals surface area contributed by atoms with Crippen molar-refractivity contribution in [1.29, 1.82) is 0 Å². The topological polar surface area (TPSA) is 65.2 Å². The van der Waals surface area contributed by atoms with Crippen LogP contribution in [0.4, 0.5) is 0 Å². The molecule has 0 aliphatic heterocycles. The zero-order chi connectivity index (χ0) is 31.4. The lowest BCUT2D eigenvalue weighted by molar-refractivity contribution is 0.443. The van der Waals surface area contributed by atoms with Crippen molar-refractivity contribution in [2.75, 3.05) is 6.54 Å². The second-order valence-electron chi connectivity index (χ2n) is 15.8. The quantitative estimate of drug-likeness (QED) is 0.236. The lowest BCUT2D eigenvalue weighted by Gasteiger charge is -2.27. The summed E-state index contributed by atoms with van der Waals surface area (Å²) in [7, 11) is 0. The number of hydrogen-bond donors (Lipinski definition) is 2. The van der Waals surface area contributed by atoms with Gasteiger partial charge in [-0.2, -0.15) is 0 Å². The zero-order valence-corrected chi connectivity index (χ0v) is 28.4. The minimum absolute atomic E-state index is 0.0105. The summed E-state index contributed by atoms with van der Waals surface area (Å²) in [5, 5.41) is 22.4. The van der Waals surface area contributed by atoms with Crippen molar-refractivity contribution in [3.05, 3.63) is 57.6 Å². The van der Waals surface area contributed by atoms with Crippen LogP contribution < -0.4 is 0 Å². The molecule has 0 amide bonds. The molecule has 4 nitrogen and oxygen atoms in total. The molecular formula is C37H58N2O2. The predicted molar refractivity (Wildman–Crippen MR) is 179 cm³/mol. The van der Waals surface area contributed by atoms with Gasteiger partial charge in [0, 0.05) is 34.7 Å². The summed E-state index contributed by atoms with van der Waals surface area (Å²) in [6.45, 7) is 28.7. The van der Waals surface area contributed by atoms with E-state index in [0.29, 0.717) is 18.0 Å². The number of aromatic hydroxyl groups is 2. The van der Waals surface area contributed by atoms with E-state index < -0.39 is 0 Å². The molecule has 0 saturated carbocycles. The van der Waals surface area contributed by atoms with Crippen molar-refractivity contribution < 1.29 is 10.2 Å². The van der Waals surface area contributed by atoms with Crippen LogP contribution in [0.25, 0.3) is 0 Å². The van der Waals surface area contributed by atoms with Gasteiger partial charge in [0.15, 0.2) is 0 Å². The van der Waals surface area contributed by atoms with Gasteiger partial charge >= 0.3 is 0 Å². The first-order valence-electron chi connectivity index (χ1n) is 15.4. The minimum atomic E-state index is -0.186. The van der Waals surface area contributed by atoms with Crippen molar-refractivity contribution in [1.82, 2.24) is 0 Å². The number of unbranched alkanes of at least 4 members (excludes halogenated alkanes) is 2. The highest BCUT2D eigenvalue weighted by atomic mass is 16.3. The second-order valence-corrected chi connectivity index (χ2v) is 15.8. The summed E-state index contributed by atoms with van der Waals surface area (Å²) in [5.74, 6) is 0.614. The number of hydrogen-bond acceptors (Lipinski definition) is 4. The average molecular weight is 563 g/mol.